The van der Waals surface area contributed by atoms with Crippen molar-refractivity contribution in [2.24, 2.45) is 0 Å². The molecule has 1 saturated heterocycles. The minimum absolute atomic E-state index is 0.0867. The first kappa shape index (κ1) is 23.2. The summed E-state index contributed by atoms with van der Waals surface area (Å²) in [6.07, 6.45) is 6.76. The SMILES string of the molecule is CCCc1ccc(OC)c(-c2csc(NC(=O)N3CCN(CCc4ccncc4)CC3)n2)c1. The predicted molar refractivity (Wildman–Crippen MR) is 133 cm³/mol. The highest BCUT2D eigenvalue weighted by molar-refractivity contribution is 7.14. The summed E-state index contributed by atoms with van der Waals surface area (Å²) in [6.45, 7) is 6.35. The molecule has 2 aromatic heterocycles. The van der Waals surface area contributed by atoms with Gasteiger partial charge in [0, 0.05) is 56.1 Å². The van der Waals surface area contributed by atoms with Crippen LogP contribution in [0.25, 0.3) is 11.3 Å². The summed E-state index contributed by atoms with van der Waals surface area (Å²) in [7, 11) is 1.67. The number of aryl methyl sites for hydroxylation is 1. The lowest BCUT2D eigenvalue weighted by Crippen LogP contribution is -2.50. The second kappa shape index (κ2) is 11.2. The summed E-state index contributed by atoms with van der Waals surface area (Å²) >= 11 is 1.44. The highest BCUT2D eigenvalue weighted by atomic mass is 32.1. The van der Waals surface area contributed by atoms with Gasteiger partial charge in [0.05, 0.1) is 12.8 Å². The average molecular weight is 466 g/mol. The third kappa shape index (κ3) is 6.09. The molecule has 1 N–H and O–H groups in total. The van der Waals surface area contributed by atoms with E-state index in [1.54, 1.807) is 7.11 Å². The van der Waals surface area contributed by atoms with Crippen LogP contribution in [0.4, 0.5) is 9.93 Å². The van der Waals surface area contributed by atoms with Crippen LogP contribution in [-0.2, 0) is 12.8 Å². The van der Waals surface area contributed by atoms with Gasteiger partial charge in [-0.2, -0.15) is 0 Å². The quantitative estimate of drug-likeness (QED) is 0.528. The van der Waals surface area contributed by atoms with Crippen molar-refractivity contribution in [2.45, 2.75) is 26.2 Å². The van der Waals surface area contributed by atoms with Gasteiger partial charge in [-0.1, -0.05) is 19.4 Å². The molecule has 1 aliphatic heterocycles. The van der Waals surface area contributed by atoms with Crippen molar-refractivity contribution >= 4 is 22.5 Å². The standard InChI is InChI=1S/C25H31N5O2S/c1-3-4-20-5-6-23(32-2)21(17-20)22-18-33-24(27-22)28-25(31)30-15-13-29(14-16-30)12-9-19-7-10-26-11-8-19/h5-8,10-11,17-18H,3-4,9,12-16H2,1-2H3,(H,27,28,31). The zero-order valence-corrected chi connectivity index (χ0v) is 20.1. The van der Waals surface area contributed by atoms with Gasteiger partial charge in [0.1, 0.15) is 5.75 Å². The van der Waals surface area contributed by atoms with Crippen LogP contribution in [0, 0.1) is 0 Å². The molecular weight excluding hydrogens is 434 g/mol. The maximum atomic E-state index is 12.8. The van der Waals surface area contributed by atoms with Gasteiger partial charge in [0.15, 0.2) is 5.13 Å². The lowest BCUT2D eigenvalue weighted by Gasteiger charge is -2.34. The van der Waals surface area contributed by atoms with Gasteiger partial charge in [-0.05, 0) is 48.2 Å². The van der Waals surface area contributed by atoms with Crippen LogP contribution in [0.5, 0.6) is 5.75 Å². The third-order valence-electron chi connectivity index (χ3n) is 5.92. The molecule has 0 spiro atoms. The van der Waals surface area contributed by atoms with Crippen LogP contribution in [0.15, 0.2) is 48.1 Å². The number of aromatic nitrogens is 2. The molecule has 1 fully saturated rings. The highest BCUT2D eigenvalue weighted by Gasteiger charge is 2.22. The summed E-state index contributed by atoms with van der Waals surface area (Å²) in [6, 6.07) is 10.2. The fourth-order valence-corrected chi connectivity index (χ4v) is 4.74. The van der Waals surface area contributed by atoms with Crippen molar-refractivity contribution in [3.8, 4) is 17.0 Å². The smallest absolute Gasteiger partial charge is 0.323 e. The zero-order chi connectivity index (χ0) is 23.0. The Morgan fingerprint density at radius 3 is 2.61 bits per heavy atom. The van der Waals surface area contributed by atoms with Gasteiger partial charge >= 0.3 is 6.03 Å². The molecular formula is C25H31N5O2S. The summed E-state index contributed by atoms with van der Waals surface area (Å²) in [5, 5.41) is 5.56. The number of hydrogen-bond donors (Lipinski definition) is 1. The topological polar surface area (TPSA) is 70.6 Å². The van der Waals surface area contributed by atoms with E-state index in [1.807, 2.05) is 28.7 Å². The number of hydrogen-bond acceptors (Lipinski definition) is 6. The van der Waals surface area contributed by atoms with Crippen LogP contribution in [0.3, 0.4) is 0 Å². The van der Waals surface area contributed by atoms with Crippen LogP contribution in [-0.4, -0.2) is 65.6 Å². The second-order valence-electron chi connectivity index (χ2n) is 8.19. The number of amides is 2. The number of methoxy groups -OCH3 is 1. The molecule has 2 amide bonds. The van der Waals surface area contributed by atoms with Crippen molar-refractivity contribution in [1.29, 1.82) is 0 Å². The number of nitrogens with zero attached hydrogens (tertiary/aromatic N) is 4. The van der Waals surface area contributed by atoms with Crippen LogP contribution in [0.2, 0.25) is 0 Å². The molecule has 3 heterocycles. The van der Waals surface area contributed by atoms with Gasteiger partial charge in [-0.15, -0.1) is 11.3 Å². The molecule has 174 valence electrons. The lowest BCUT2D eigenvalue weighted by atomic mass is 10.0. The monoisotopic (exact) mass is 465 g/mol. The number of carbonyl (C=O) groups is 1. The van der Waals surface area contributed by atoms with E-state index in [1.165, 1.54) is 22.5 Å². The molecule has 0 radical (unpaired) electrons. The van der Waals surface area contributed by atoms with Crippen molar-refractivity contribution in [3.63, 3.8) is 0 Å². The highest BCUT2D eigenvalue weighted by Crippen LogP contribution is 2.33. The number of anilines is 1. The zero-order valence-electron chi connectivity index (χ0n) is 19.3. The van der Waals surface area contributed by atoms with E-state index < -0.39 is 0 Å². The molecule has 0 atom stereocenters. The molecule has 7 nitrogen and oxygen atoms in total. The largest absolute Gasteiger partial charge is 0.496 e. The number of ether oxygens (including phenoxy) is 1. The normalized spacial score (nSPS) is 14.3. The van der Waals surface area contributed by atoms with E-state index in [4.69, 9.17) is 4.74 Å². The number of thiazole rings is 1. The van der Waals surface area contributed by atoms with Gasteiger partial charge in [-0.3, -0.25) is 15.2 Å². The minimum Gasteiger partial charge on any atom is -0.496 e. The first-order chi connectivity index (χ1) is 16.2. The van der Waals surface area contributed by atoms with Crippen molar-refractivity contribution in [2.75, 3.05) is 45.2 Å². The Morgan fingerprint density at radius 2 is 1.88 bits per heavy atom. The Kier molecular flexibility index (Phi) is 7.91. The number of carbonyl (C=O) groups excluding carboxylic acids is 1. The molecule has 1 aliphatic rings. The third-order valence-corrected chi connectivity index (χ3v) is 6.68. The molecule has 33 heavy (non-hydrogen) atoms. The first-order valence-corrected chi connectivity index (χ1v) is 12.3. The Hall–Kier alpha value is -2.97. The molecule has 1 aromatic carbocycles. The second-order valence-corrected chi connectivity index (χ2v) is 9.04. The molecule has 0 bridgehead atoms. The Bertz CT molecular complexity index is 1050. The first-order valence-electron chi connectivity index (χ1n) is 11.5. The van der Waals surface area contributed by atoms with E-state index in [0.717, 1.165) is 55.9 Å². The van der Waals surface area contributed by atoms with Gasteiger partial charge in [0.2, 0.25) is 0 Å². The summed E-state index contributed by atoms with van der Waals surface area (Å²) in [4.78, 5) is 25.8. The maximum absolute atomic E-state index is 12.8. The van der Waals surface area contributed by atoms with Crippen molar-refractivity contribution in [3.05, 3.63) is 59.2 Å². The van der Waals surface area contributed by atoms with Gasteiger partial charge in [0.25, 0.3) is 0 Å². The van der Waals surface area contributed by atoms with E-state index in [9.17, 15) is 4.79 Å². The molecule has 0 saturated carbocycles. The average Bonchev–Trinajstić information content (AvgIpc) is 3.32. The Labute approximate surface area is 199 Å². The summed E-state index contributed by atoms with van der Waals surface area (Å²) < 4.78 is 5.54. The molecule has 8 heteroatoms. The molecule has 0 unspecified atom stereocenters. The number of nitrogens with one attached hydrogen (secondary N) is 1. The number of urea groups is 1. The van der Waals surface area contributed by atoms with Crippen molar-refractivity contribution < 1.29 is 9.53 Å². The fourth-order valence-electron chi connectivity index (χ4n) is 4.04. The lowest BCUT2D eigenvalue weighted by molar-refractivity contribution is 0.148. The predicted octanol–water partition coefficient (Wildman–Crippen LogP) is 4.56. The van der Waals surface area contributed by atoms with E-state index in [-0.39, 0.29) is 6.03 Å². The van der Waals surface area contributed by atoms with E-state index >= 15 is 0 Å². The van der Waals surface area contributed by atoms with Crippen LogP contribution >= 0.6 is 11.3 Å². The maximum Gasteiger partial charge on any atom is 0.323 e. The summed E-state index contributed by atoms with van der Waals surface area (Å²) in [5.74, 6) is 0.793. The molecule has 0 aliphatic carbocycles. The van der Waals surface area contributed by atoms with Gasteiger partial charge < -0.3 is 9.64 Å². The number of pyridine rings is 1. The fraction of sp³-hybridized carbons (Fsp3) is 0.400. The number of rotatable bonds is 8. The Morgan fingerprint density at radius 1 is 1.09 bits per heavy atom. The molecule has 3 aromatic rings. The minimum atomic E-state index is -0.0867. The van der Waals surface area contributed by atoms with Crippen molar-refractivity contribution in [1.82, 2.24) is 19.8 Å². The van der Waals surface area contributed by atoms with Crippen LogP contribution < -0.4 is 10.1 Å². The van der Waals surface area contributed by atoms with Crippen LogP contribution in [0.1, 0.15) is 24.5 Å². The molecule has 4 rings (SSSR count). The number of piperazine rings is 1. The van der Waals surface area contributed by atoms with E-state index in [2.05, 4.69) is 51.4 Å². The van der Waals surface area contributed by atoms with E-state index in [0.29, 0.717) is 18.2 Å². The Balaban J connectivity index is 1.31. The summed E-state index contributed by atoms with van der Waals surface area (Å²) in [5.41, 5.74) is 4.34. The number of benzene rings is 1. The van der Waals surface area contributed by atoms with Gasteiger partial charge in [-0.25, -0.2) is 9.78 Å².